The van der Waals surface area contributed by atoms with Gasteiger partial charge in [0.2, 0.25) is 0 Å². The number of rotatable bonds is 3. The van der Waals surface area contributed by atoms with Crippen LogP contribution in [0.25, 0.3) is 0 Å². The Hall–Kier alpha value is -2.14. The second-order valence-corrected chi connectivity index (χ2v) is 5.03. The molecule has 1 aliphatic heterocycles. The van der Waals surface area contributed by atoms with Gasteiger partial charge in [0, 0.05) is 43.4 Å². The smallest absolute Gasteiger partial charge is 0.257 e. The third-order valence-corrected chi connectivity index (χ3v) is 3.80. The molecule has 1 amide bonds. The van der Waals surface area contributed by atoms with Gasteiger partial charge in [-0.2, -0.15) is 0 Å². The zero-order valence-electron chi connectivity index (χ0n) is 11.0. The van der Waals surface area contributed by atoms with Crippen molar-refractivity contribution in [1.29, 1.82) is 0 Å². The molecule has 1 N–H and O–H groups in total. The molecule has 1 fully saturated rings. The van der Waals surface area contributed by atoms with Crippen LogP contribution in [0.3, 0.4) is 0 Å². The van der Waals surface area contributed by atoms with Crippen molar-refractivity contribution in [2.45, 2.75) is 5.92 Å². The van der Waals surface area contributed by atoms with Crippen molar-refractivity contribution in [2.75, 3.05) is 19.7 Å². The molecule has 0 aromatic carbocycles. The first kappa shape index (κ1) is 12.9. The topological polar surface area (TPSA) is 66.6 Å². The molecule has 104 valence electrons. The van der Waals surface area contributed by atoms with E-state index >= 15 is 0 Å². The molecule has 1 saturated heterocycles. The fourth-order valence-corrected chi connectivity index (χ4v) is 2.72. The number of amides is 1. The largest absolute Gasteiger partial charge is 0.472 e. The van der Waals surface area contributed by atoms with E-state index in [2.05, 4.69) is 4.98 Å². The van der Waals surface area contributed by atoms with E-state index in [0.717, 1.165) is 5.69 Å². The Labute approximate surface area is 116 Å². The van der Waals surface area contributed by atoms with Gasteiger partial charge in [-0.15, -0.1) is 0 Å². The molecular formula is C15H16N2O3. The molecule has 20 heavy (non-hydrogen) atoms. The van der Waals surface area contributed by atoms with E-state index < -0.39 is 0 Å². The van der Waals surface area contributed by atoms with Crippen LogP contribution in [0.1, 0.15) is 22.0 Å². The summed E-state index contributed by atoms with van der Waals surface area (Å²) < 4.78 is 4.95. The molecule has 1 aliphatic rings. The maximum atomic E-state index is 12.3. The predicted molar refractivity (Wildman–Crippen MR) is 72.2 cm³/mol. The molecule has 0 saturated carbocycles. The van der Waals surface area contributed by atoms with Gasteiger partial charge >= 0.3 is 0 Å². The minimum atomic E-state index is -0.0596. The Bertz CT molecular complexity index is 568. The summed E-state index contributed by atoms with van der Waals surface area (Å²) in [6, 6.07) is 7.39. The molecule has 0 aliphatic carbocycles. The lowest BCUT2D eigenvalue weighted by Crippen LogP contribution is -2.28. The van der Waals surface area contributed by atoms with Gasteiger partial charge in [0.05, 0.1) is 11.8 Å². The number of furan rings is 1. The predicted octanol–water partition coefficient (Wildman–Crippen LogP) is 1.52. The number of nitrogens with zero attached hydrogens (tertiary/aromatic N) is 2. The Morgan fingerprint density at radius 1 is 1.40 bits per heavy atom. The first-order valence-electron chi connectivity index (χ1n) is 6.63. The Kier molecular flexibility index (Phi) is 3.52. The molecule has 2 aromatic heterocycles. The van der Waals surface area contributed by atoms with Crippen molar-refractivity contribution in [3.63, 3.8) is 0 Å². The fraction of sp³-hybridized carbons (Fsp3) is 0.333. The van der Waals surface area contributed by atoms with Gasteiger partial charge in [0.15, 0.2) is 0 Å². The summed E-state index contributed by atoms with van der Waals surface area (Å²) in [7, 11) is 0. The van der Waals surface area contributed by atoms with Gasteiger partial charge in [-0.25, -0.2) is 0 Å². The summed E-state index contributed by atoms with van der Waals surface area (Å²) in [5, 5.41) is 9.54. The number of hydrogen-bond donors (Lipinski definition) is 1. The van der Waals surface area contributed by atoms with Crippen LogP contribution >= 0.6 is 0 Å². The van der Waals surface area contributed by atoms with E-state index in [9.17, 15) is 9.90 Å². The quantitative estimate of drug-likeness (QED) is 0.920. The van der Waals surface area contributed by atoms with Crippen LogP contribution in [-0.4, -0.2) is 40.6 Å². The van der Waals surface area contributed by atoms with Crippen molar-refractivity contribution in [1.82, 2.24) is 9.88 Å². The third-order valence-electron chi connectivity index (χ3n) is 3.80. The lowest BCUT2D eigenvalue weighted by atomic mass is 9.93. The highest BCUT2D eigenvalue weighted by atomic mass is 16.3. The van der Waals surface area contributed by atoms with Gasteiger partial charge in [0.1, 0.15) is 6.26 Å². The second kappa shape index (κ2) is 5.46. The number of pyridine rings is 1. The van der Waals surface area contributed by atoms with E-state index in [-0.39, 0.29) is 24.3 Å². The minimum absolute atomic E-state index is 0.0285. The molecule has 0 radical (unpaired) electrons. The SMILES string of the molecule is O=C(c1ccoc1)N1C[C@@H](CO)[C@H](c2ccccn2)C1. The average molecular weight is 272 g/mol. The van der Waals surface area contributed by atoms with Crippen LogP contribution in [0.2, 0.25) is 0 Å². The normalized spacial score (nSPS) is 22.1. The Morgan fingerprint density at radius 2 is 2.30 bits per heavy atom. The highest BCUT2D eigenvalue weighted by Crippen LogP contribution is 2.32. The lowest BCUT2D eigenvalue weighted by molar-refractivity contribution is 0.0780. The van der Waals surface area contributed by atoms with Crippen LogP contribution in [0.5, 0.6) is 0 Å². The summed E-state index contributed by atoms with van der Waals surface area (Å²) >= 11 is 0. The van der Waals surface area contributed by atoms with Crippen LogP contribution in [0.15, 0.2) is 47.4 Å². The summed E-state index contributed by atoms with van der Waals surface area (Å²) in [5.41, 5.74) is 1.47. The summed E-state index contributed by atoms with van der Waals surface area (Å²) in [6.45, 7) is 1.17. The maximum absolute atomic E-state index is 12.3. The van der Waals surface area contributed by atoms with Crippen LogP contribution in [0, 0.1) is 5.92 Å². The number of aromatic nitrogens is 1. The molecule has 0 unspecified atom stereocenters. The van der Waals surface area contributed by atoms with Gasteiger partial charge in [-0.1, -0.05) is 6.07 Å². The summed E-state index contributed by atoms with van der Waals surface area (Å²) in [4.78, 5) is 18.4. The van der Waals surface area contributed by atoms with E-state index in [1.54, 1.807) is 17.2 Å². The van der Waals surface area contributed by atoms with E-state index in [4.69, 9.17) is 4.42 Å². The monoisotopic (exact) mass is 272 g/mol. The molecule has 0 spiro atoms. The highest BCUT2D eigenvalue weighted by Gasteiger charge is 2.36. The number of likely N-dealkylation sites (tertiary alicyclic amines) is 1. The zero-order valence-corrected chi connectivity index (χ0v) is 11.0. The molecule has 3 rings (SSSR count). The van der Waals surface area contributed by atoms with Crippen LogP contribution in [0.4, 0.5) is 0 Å². The standard InChI is InChI=1S/C15H16N2O3/c18-9-12-7-17(15(19)11-4-6-20-10-11)8-13(12)14-3-1-2-5-16-14/h1-6,10,12-13,18H,7-9H2/t12-,13+/m0/s1. The number of carbonyl (C=O) groups excluding carboxylic acids is 1. The molecule has 5 heteroatoms. The Morgan fingerprint density at radius 3 is 2.95 bits per heavy atom. The molecule has 2 atom stereocenters. The number of aliphatic hydroxyl groups excluding tert-OH is 1. The van der Waals surface area contributed by atoms with Crippen LogP contribution < -0.4 is 0 Å². The van der Waals surface area contributed by atoms with Crippen molar-refractivity contribution in [3.8, 4) is 0 Å². The summed E-state index contributed by atoms with van der Waals surface area (Å²) in [5.74, 6) is 0.0495. The summed E-state index contributed by atoms with van der Waals surface area (Å²) in [6.07, 6.45) is 4.68. The van der Waals surface area contributed by atoms with E-state index in [1.807, 2.05) is 18.2 Å². The van der Waals surface area contributed by atoms with Gasteiger partial charge in [0.25, 0.3) is 5.91 Å². The molecule has 2 aromatic rings. The van der Waals surface area contributed by atoms with Crippen molar-refractivity contribution >= 4 is 5.91 Å². The van der Waals surface area contributed by atoms with Crippen LogP contribution in [-0.2, 0) is 0 Å². The number of carbonyl (C=O) groups is 1. The molecule has 5 nitrogen and oxygen atoms in total. The highest BCUT2D eigenvalue weighted by molar-refractivity contribution is 5.94. The second-order valence-electron chi connectivity index (χ2n) is 5.03. The first-order chi connectivity index (χ1) is 9.79. The molecule has 0 bridgehead atoms. The van der Waals surface area contributed by atoms with Gasteiger partial charge < -0.3 is 14.4 Å². The van der Waals surface area contributed by atoms with Crippen molar-refractivity contribution in [3.05, 3.63) is 54.2 Å². The zero-order chi connectivity index (χ0) is 13.9. The first-order valence-corrected chi connectivity index (χ1v) is 6.63. The lowest BCUT2D eigenvalue weighted by Gasteiger charge is -2.15. The third kappa shape index (κ3) is 2.32. The van der Waals surface area contributed by atoms with Gasteiger partial charge in [-0.05, 0) is 18.2 Å². The maximum Gasteiger partial charge on any atom is 0.257 e. The van der Waals surface area contributed by atoms with E-state index in [0.29, 0.717) is 18.7 Å². The Balaban J connectivity index is 1.80. The number of hydrogen-bond acceptors (Lipinski definition) is 4. The van der Waals surface area contributed by atoms with Crippen molar-refractivity contribution in [2.24, 2.45) is 5.92 Å². The average Bonchev–Trinajstić information content (AvgIpc) is 3.17. The minimum Gasteiger partial charge on any atom is -0.472 e. The van der Waals surface area contributed by atoms with E-state index in [1.165, 1.54) is 12.5 Å². The fourth-order valence-electron chi connectivity index (χ4n) is 2.72. The molecule has 3 heterocycles. The van der Waals surface area contributed by atoms with Gasteiger partial charge in [-0.3, -0.25) is 9.78 Å². The molecular weight excluding hydrogens is 256 g/mol. The number of aliphatic hydroxyl groups is 1. The van der Waals surface area contributed by atoms with Crippen molar-refractivity contribution < 1.29 is 14.3 Å².